The molecule has 2 unspecified atom stereocenters. The number of benzene rings is 1. The van der Waals surface area contributed by atoms with E-state index >= 15 is 0 Å². The van der Waals surface area contributed by atoms with Crippen molar-refractivity contribution in [3.8, 4) is 0 Å². The maximum absolute atomic E-state index is 11.9. The van der Waals surface area contributed by atoms with Crippen molar-refractivity contribution < 1.29 is 9.90 Å². The zero-order chi connectivity index (χ0) is 11.7. The van der Waals surface area contributed by atoms with Crippen LogP contribution in [0.15, 0.2) is 24.3 Å². The van der Waals surface area contributed by atoms with E-state index in [-0.39, 0.29) is 18.4 Å². The van der Waals surface area contributed by atoms with Gasteiger partial charge in [0.2, 0.25) is 5.91 Å². The van der Waals surface area contributed by atoms with E-state index in [1.165, 1.54) is 0 Å². The number of nitrogens with zero attached hydrogens (tertiary/aromatic N) is 1. The number of hydrogen-bond donors (Lipinski definition) is 1. The summed E-state index contributed by atoms with van der Waals surface area (Å²) < 4.78 is 0. The maximum atomic E-state index is 11.9. The second-order valence-corrected chi connectivity index (χ2v) is 4.60. The summed E-state index contributed by atoms with van der Waals surface area (Å²) in [5.41, 5.74) is 1.95. The van der Waals surface area contributed by atoms with E-state index in [0.29, 0.717) is 6.54 Å². The Morgan fingerprint density at radius 1 is 1.56 bits per heavy atom. The van der Waals surface area contributed by atoms with Gasteiger partial charge < -0.3 is 10.0 Å². The molecule has 0 radical (unpaired) electrons. The molecule has 0 spiro atoms. The third kappa shape index (κ3) is 1.93. The topological polar surface area (TPSA) is 40.5 Å². The van der Waals surface area contributed by atoms with Crippen molar-refractivity contribution in [3.63, 3.8) is 0 Å². The Bertz CT molecular complexity index is 408. The zero-order valence-corrected chi connectivity index (χ0v) is 9.81. The van der Waals surface area contributed by atoms with Crippen molar-refractivity contribution in [2.24, 2.45) is 5.92 Å². The molecule has 3 nitrogen and oxygen atoms in total. The summed E-state index contributed by atoms with van der Waals surface area (Å²) in [5, 5.41) is 8.50. The summed E-state index contributed by atoms with van der Waals surface area (Å²) in [5.74, 6) is -0.291. The van der Waals surface area contributed by atoms with Gasteiger partial charge in [-0.2, -0.15) is 0 Å². The average Bonchev–Trinajstić information content (AvgIpc) is 2.56. The van der Waals surface area contributed by atoms with E-state index in [4.69, 9.17) is 16.7 Å². The summed E-state index contributed by atoms with van der Waals surface area (Å²) in [6.07, 6.45) is 0. The first kappa shape index (κ1) is 11.4. The van der Waals surface area contributed by atoms with Crippen molar-refractivity contribution in [2.75, 3.05) is 18.1 Å². The van der Waals surface area contributed by atoms with Crippen molar-refractivity contribution in [2.45, 2.75) is 12.3 Å². The highest BCUT2D eigenvalue weighted by atomic mass is 35.5. The smallest absolute Gasteiger partial charge is 0.245 e. The number of carbonyl (C=O) groups excluding carboxylic acids is 1. The number of carbonyl (C=O) groups is 1. The molecule has 0 aromatic heterocycles. The Kier molecular flexibility index (Phi) is 3.17. The standard InChI is InChI=1S/C12H14ClNO2/c1-8-3-2-4-10(5-8)14-6-9(7-15)11(13)12(14)16/h2-5,9,11,15H,6-7H2,1H3. The predicted octanol–water partition coefficient (Wildman–Crippen LogP) is 1.56. The molecule has 1 aromatic rings. The molecule has 2 rings (SSSR count). The van der Waals surface area contributed by atoms with E-state index in [0.717, 1.165) is 11.3 Å². The van der Waals surface area contributed by atoms with Crippen LogP contribution in [0.5, 0.6) is 0 Å². The average molecular weight is 240 g/mol. The second kappa shape index (κ2) is 4.44. The molecule has 1 heterocycles. The summed E-state index contributed by atoms with van der Waals surface area (Å²) in [4.78, 5) is 13.5. The lowest BCUT2D eigenvalue weighted by Gasteiger charge is -2.16. The van der Waals surface area contributed by atoms with Gasteiger partial charge in [-0.15, -0.1) is 11.6 Å². The first-order chi connectivity index (χ1) is 7.63. The highest BCUT2D eigenvalue weighted by Gasteiger charge is 2.39. The summed E-state index contributed by atoms with van der Waals surface area (Å²) in [6, 6.07) is 7.72. The molecule has 1 aliphatic rings. The number of rotatable bonds is 2. The molecule has 0 bridgehead atoms. The molecular formula is C12H14ClNO2. The largest absolute Gasteiger partial charge is 0.396 e. The number of anilines is 1. The molecule has 4 heteroatoms. The van der Waals surface area contributed by atoms with Gasteiger partial charge in [0.05, 0.1) is 0 Å². The van der Waals surface area contributed by atoms with Gasteiger partial charge in [0.1, 0.15) is 5.38 Å². The number of alkyl halides is 1. The monoisotopic (exact) mass is 239 g/mol. The summed E-state index contributed by atoms with van der Waals surface area (Å²) >= 11 is 5.96. The third-order valence-electron chi connectivity index (χ3n) is 2.88. The van der Waals surface area contributed by atoms with Crippen molar-refractivity contribution in [1.82, 2.24) is 0 Å². The first-order valence-electron chi connectivity index (χ1n) is 5.26. The van der Waals surface area contributed by atoms with E-state index in [2.05, 4.69) is 0 Å². The highest BCUT2D eigenvalue weighted by Crippen LogP contribution is 2.28. The van der Waals surface area contributed by atoms with Crippen molar-refractivity contribution in [3.05, 3.63) is 29.8 Å². The molecule has 16 heavy (non-hydrogen) atoms. The van der Waals surface area contributed by atoms with Crippen LogP contribution >= 0.6 is 11.6 Å². The van der Waals surface area contributed by atoms with Crippen LogP contribution in [0.4, 0.5) is 5.69 Å². The molecule has 1 saturated heterocycles. The molecule has 1 N–H and O–H groups in total. The fraction of sp³-hybridized carbons (Fsp3) is 0.417. The van der Waals surface area contributed by atoms with Crippen LogP contribution in [-0.2, 0) is 4.79 Å². The fourth-order valence-corrected chi connectivity index (χ4v) is 2.22. The number of hydrogen-bond acceptors (Lipinski definition) is 2. The zero-order valence-electron chi connectivity index (χ0n) is 9.06. The quantitative estimate of drug-likeness (QED) is 0.796. The first-order valence-corrected chi connectivity index (χ1v) is 5.70. The predicted molar refractivity (Wildman–Crippen MR) is 63.7 cm³/mol. The van der Waals surface area contributed by atoms with Gasteiger partial charge in [0, 0.05) is 24.8 Å². The van der Waals surface area contributed by atoms with Crippen LogP contribution < -0.4 is 4.90 Å². The molecule has 0 saturated carbocycles. The lowest BCUT2D eigenvalue weighted by atomic mass is 10.1. The molecule has 1 aromatic carbocycles. The van der Waals surface area contributed by atoms with Gasteiger partial charge >= 0.3 is 0 Å². The van der Waals surface area contributed by atoms with Crippen LogP contribution in [0.25, 0.3) is 0 Å². The van der Waals surface area contributed by atoms with Crippen LogP contribution in [0.3, 0.4) is 0 Å². The Morgan fingerprint density at radius 3 is 2.88 bits per heavy atom. The number of aryl methyl sites for hydroxylation is 1. The van der Waals surface area contributed by atoms with E-state index in [9.17, 15) is 4.79 Å². The third-order valence-corrected chi connectivity index (χ3v) is 3.42. The van der Waals surface area contributed by atoms with Gasteiger partial charge in [-0.05, 0) is 24.6 Å². The molecule has 2 atom stereocenters. The number of amides is 1. The van der Waals surface area contributed by atoms with Crippen LogP contribution in [-0.4, -0.2) is 29.5 Å². The van der Waals surface area contributed by atoms with Crippen molar-refractivity contribution in [1.29, 1.82) is 0 Å². The Morgan fingerprint density at radius 2 is 2.31 bits per heavy atom. The van der Waals surface area contributed by atoms with Gasteiger partial charge in [-0.1, -0.05) is 12.1 Å². The van der Waals surface area contributed by atoms with E-state index < -0.39 is 5.38 Å². The van der Waals surface area contributed by atoms with Crippen molar-refractivity contribution >= 4 is 23.2 Å². The highest BCUT2D eigenvalue weighted by molar-refractivity contribution is 6.34. The van der Waals surface area contributed by atoms with Crippen LogP contribution in [0, 0.1) is 12.8 Å². The molecule has 1 fully saturated rings. The Hall–Kier alpha value is -1.06. The SMILES string of the molecule is Cc1cccc(N2CC(CO)C(Cl)C2=O)c1. The van der Waals surface area contributed by atoms with Crippen LogP contribution in [0.2, 0.25) is 0 Å². The van der Waals surface area contributed by atoms with Gasteiger partial charge in [0.15, 0.2) is 0 Å². The Labute approximate surface area is 99.6 Å². The lowest BCUT2D eigenvalue weighted by Crippen LogP contribution is -2.27. The normalized spacial score (nSPS) is 25.2. The number of halogens is 1. The summed E-state index contributed by atoms with van der Waals surface area (Å²) in [7, 11) is 0. The second-order valence-electron chi connectivity index (χ2n) is 4.13. The maximum Gasteiger partial charge on any atom is 0.245 e. The number of aliphatic hydroxyl groups excluding tert-OH is 1. The fourth-order valence-electron chi connectivity index (χ4n) is 1.95. The van der Waals surface area contributed by atoms with Crippen LogP contribution in [0.1, 0.15) is 5.56 Å². The minimum Gasteiger partial charge on any atom is -0.396 e. The number of aliphatic hydroxyl groups is 1. The molecule has 0 aliphatic carbocycles. The minimum absolute atomic E-state index is 0.0534. The van der Waals surface area contributed by atoms with E-state index in [1.54, 1.807) is 4.90 Å². The minimum atomic E-state index is -0.606. The molecule has 1 amide bonds. The van der Waals surface area contributed by atoms with Gasteiger partial charge in [0.25, 0.3) is 0 Å². The lowest BCUT2D eigenvalue weighted by molar-refractivity contribution is -0.117. The van der Waals surface area contributed by atoms with Gasteiger partial charge in [-0.3, -0.25) is 4.79 Å². The summed E-state index contributed by atoms with van der Waals surface area (Å²) in [6.45, 7) is 2.42. The van der Waals surface area contributed by atoms with Gasteiger partial charge in [-0.25, -0.2) is 0 Å². The van der Waals surface area contributed by atoms with E-state index in [1.807, 2.05) is 31.2 Å². The molecule has 86 valence electrons. The Balaban J connectivity index is 2.26. The molecular weight excluding hydrogens is 226 g/mol. The molecule has 1 aliphatic heterocycles.